The smallest absolute Gasteiger partial charge is 0.308 e. The minimum atomic E-state index is -0.255. The van der Waals surface area contributed by atoms with E-state index in [1.807, 2.05) is 12.1 Å². The molecular weight excluding hydrogens is 284 g/mol. The Balaban J connectivity index is 1.68. The molecule has 3 aliphatic carbocycles. The van der Waals surface area contributed by atoms with Crippen LogP contribution in [0.15, 0.2) is 42.0 Å². The van der Waals surface area contributed by atoms with Gasteiger partial charge in [-0.05, 0) is 66.7 Å². The number of carbonyl (C=O) groups excluding carboxylic acids is 1. The van der Waals surface area contributed by atoms with E-state index >= 15 is 0 Å². The van der Waals surface area contributed by atoms with E-state index in [0.29, 0.717) is 23.0 Å². The second kappa shape index (κ2) is 5.09. The monoisotopic (exact) mass is 308 g/mol. The van der Waals surface area contributed by atoms with Gasteiger partial charge in [-0.2, -0.15) is 0 Å². The molecule has 0 amide bonds. The summed E-state index contributed by atoms with van der Waals surface area (Å²) >= 11 is 0. The lowest BCUT2D eigenvalue weighted by atomic mass is 9.59. The Bertz CT molecular complexity index is 727. The van der Waals surface area contributed by atoms with Crippen molar-refractivity contribution in [1.82, 2.24) is 0 Å². The van der Waals surface area contributed by atoms with Crippen molar-refractivity contribution < 1.29 is 9.53 Å². The molecule has 2 unspecified atom stereocenters. The molecule has 2 saturated carbocycles. The van der Waals surface area contributed by atoms with Crippen LogP contribution in [-0.4, -0.2) is 5.97 Å². The SMILES string of the molecule is C=C1CCC2C3=CCc4cc(OC(C)=O)ccc4C3CC[C@]12C. The molecule has 2 nitrogen and oxygen atoms in total. The molecule has 0 spiro atoms. The molecule has 2 fully saturated rings. The lowest BCUT2D eigenvalue weighted by Crippen LogP contribution is -2.34. The van der Waals surface area contributed by atoms with Gasteiger partial charge in [-0.1, -0.05) is 36.8 Å². The second-order valence-corrected chi connectivity index (χ2v) is 7.57. The Morgan fingerprint density at radius 1 is 1.35 bits per heavy atom. The molecule has 1 aromatic carbocycles. The summed E-state index contributed by atoms with van der Waals surface area (Å²) < 4.78 is 5.24. The fourth-order valence-electron chi connectivity index (χ4n) is 5.08. The summed E-state index contributed by atoms with van der Waals surface area (Å²) in [5.74, 6) is 1.64. The average Bonchev–Trinajstić information content (AvgIpc) is 2.82. The molecule has 120 valence electrons. The third-order valence-corrected chi connectivity index (χ3v) is 6.38. The van der Waals surface area contributed by atoms with Crippen molar-refractivity contribution in [3.63, 3.8) is 0 Å². The lowest BCUT2D eigenvalue weighted by molar-refractivity contribution is -0.131. The van der Waals surface area contributed by atoms with Crippen LogP contribution in [0.1, 0.15) is 56.6 Å². The Morgan fingerprint density at radius 3 is 2.96 bits per heavy atom. The van der Waals surface area contributed by atoms with E-state index in [-0.39, 0.29) is 5.97 Å². The lowest BCUT2D eigenvalue weighted by Gasteiger charge is -2.45. The number of hydrogen-bond donors (Lipinski definition) is 0. The number of benzene rings is 1. The normalized spacial score (nSPS) is 31.7. The van der Waals surface area contributed by atoms with Crippen LogP contribution in [0.5, 0.6) is 5.75 Å². The number of hydrogen-bond acceptors (Lipinski definition) is 2. The summed E-state index contributed by atoms with van der Waals surface area (Å²) in [4.78, 5) is 11.2. The van der Waals surface area contributed by atoms with Crippen LogP contribution in [0.2, 0.25) is 0 Å². The maximum Gasteiger partial charge on any atom is 0.308 e. The van der Waals surface area contributed by atoms with Crippen molar-refractivity contribution in [3.05, 3.63) is 53.1 Å². The van der Waals surface area contributed by atoms with Crippen LogP contribution in [-0.2, 0) is 11.2 Å². The zero-order valence-electron chi connectivity index (χ0n) is 14.0. The van der Waals surface area contributed by atoms with Gasteiger partial charge in [-0.15, -0.1) is 0 Å². The van der Waals surface area contributed by atoms with Gasteiger partial charge in [0, 0.05) is 12.8 Å². The molecule has 3 aliphatic rings. The Morgan fingerprint density at radius 2 is 2.17 bits per heavy atom. The summed E-state index contributed by atoms with van der Waals surface area (Å²) in [6.45, 7) is 8.23. The van der Waals surface area contributed by atoms with Crippen LogP contribution in [0.25, 0.3) is 0 Å². The maximum absolute atomic E-state index is 11.2. The summed E-state index contributed by atoms with van der Waals surface area (Å²) in [7, 11) is 0. The average molecular weight is 308 g/mol. The van der Waals surface area contributed by atoms with Crippen molar-refractivity contribution in [3.8, 4) is 5.75 Å². The zero-order valence-corrected chi connectivity index (χ0v) is 14.0. The van der Waals surface area contributed by atoms with E-state index in [9.17, 15) is 4.79 Å². The van der Waals surface area contributed by atoms with Gasteiger partial charge in [0.25, 0.3) is 0 Å². The highest BCUT2D eigenvalue weighted by molar-refractivity contribution is 5.69. The molecule has 0 bridgehead atoms. The van der Waals surface area contributed by atoms with E-state index in [1.165, 1.54) is 49.3 Å². The fourth-order valence-corrected chi connectivity index (χ4v) is 5.08. The summed E-state index contributed by atoms with van der Waals surface area (Å²) in [5, 5.41) is 0. The summed E-state index contributed by atoms with van der Waals surface area (Å²) in [6.07, 6.45) is 8.30. The first kappa shape index (κ1) is 14.7. The van der Waals surface area contributed by atoms with Crippen LogP contribution >= 0.6 is 0 Å². The molecule has 4 rings (SSSR count). The van der Waals surface area contributed by atoms with Gasteiger partial charge in [-0.25, -0.2) is 0 Å². The summed E-state index contributed by atoms with van der Waals surface area (Å²) in [5.41, 5.74) is 6.18. The molecule has 0 saturated heterocycles. The molecule has 0 aliphatic heterocycles. The van der Waals surface area contributed by atoms with Crippen LogP contribution < -0.4 is 4.74 Å². The molecule has 23 heavy (non-hydrogen) atoms. The molecule has 3 atom stereocenters. The molecule has 0 aromatic heterocycles. The molecular formula is C21H24O2. The molecule has 0 heterocycles. The van der Waals surface area contributed by atoms with E-state index in [4.69, 9.17) is 4.74 Å². The number of allylic oxidation sites excluding steroid dienone is 3. The maximum atomic E-state index is 11.2. The van der Waals surface area contributed by atoms with E-state index < -0.39 is 0 Å². The largest absolute Gasteiger partial charge is 0.427 e. The Labute approximate surface area is 138 Å². The number of carbonyl (C=O) groups is 1. The van der Waals surface area contributed by atoms with E-state index in [2.05, 4.69) is 25.6 Å². The van der Waals surface area contributed by atoms with Gasteiger partial charge >= 0.3 is 5.97 Å². The molecule has 2 heteroatoms. The van der Waals surface area contributed by atoms with Crippen LogP contribution in [0, 0.1) is 11.3 Å². The highest BCUT2D eigenvalue weighted by Crippen LogP contribution is 2.61. The standard InChI is InChI=1S/C21H24O2/c1-13-4-9-20-19-7-5-15-12-16(23-14(2)22)6-8-17(15)18(19)10-11-21(13,20)3/h6-8,12,18,20H,1,4-5,9-11H2,2-3H3/t18?,20?,21-/m1/s1. The van der Waals surface area contributed by atoms with Crippen molar-refractivity contribution >= 4 is 5.97 Å². The van der Waals surface area contributed by atoms with Gasteiger partial charge in [-0.3, -0.25) is 4.79 Å². The van der Waals surface area contributed by atoms with Crippen molar-refractivity contribution in [2.45, 2.75) is 51.9 Å². The first-order valence-electron chi connectivity index (χ1n) is 8.68. The highest BCUT2D eigenvalue weighted by atomic mass is 16.5. The molecule has 0 radical (unpaired) electrons. The van der Waals surface area contributed by atoms with Crippen molar-refractivity contribution in [2.75, 3.05) is 0 Å². The van der Waals surface area contributed by atoms with Gasteiger partial charge in [0.2, 0.25) is 0 Å². The van der Waals surface area contributed by atoms with Gasteiger partial charge in [0.15, 0.2) is 0 Å². The quantitative estimate of drug-likeness (QED) is 0.417. The third kappa shape index (κ3) is 2.19. The number of esters is 1. The Kier molecular flexibility index (Phi) is 3.26. The van der Waals surface area contributed by atoms with Crippen LogP contribution in [0.4, 0.5) is 0 Å². The minimum Gasteiger partial charge on any atom is -0.427 e. The first-order valence-corrected chi connectivity index (χ1v) is 8.68. The fraction of sp³-hybridized carbons (Fsp3) is 0.476. The third-order valence-electron chi connectivity index (χ3n) is 6.38. The second-order valence-electron chi connectivity index (χ2n) is 7.57. The predicted octanol–water partition coefficient (Wildman–Crippen LogP) is 4.94. The van der Waals surface area contributed by atoms with E-state index in [1.54, 1.807) is 5.57 Å². The molecule has 1 aromatic rings. The minimum absolute atomic E-state index is 0.255. The first-order chi connectivity index (χ1) is 11.0. The topological polar surface area (TPSA) is 26.3 Å². The Hall–Kier alpha value is -1.83. The predicted molar refractivity (Wildman–Crippen MR) is 91.5 cm³/mol. The number of fused-ring (bicyclic) bond motifs is 5. The number of ether oxygens (including phenoxy) is 1. The molecule has 0 N–H and O–H groups in total. The van der Waals surface area contributed by atoms with E-state index in [0.717, 1.165) is 6.42 Å². The van der Waals surface area contributed by atoms with Crippen molar-refractivity contribution in [2.24, 2.45) is 11.3 Å². The van der Waals surface area contributed by atoms with Crippen LogP contribution in [0.3, 0.4) is 0 Å². The van der Waals surface area contributed by atoms with Gasteiger partial charge in [0.1, 0.15) is 5.75 Å². The van der Waals surface area contributed by atoms with Crippen molar-refractivity contribution in [1.29, 1.82) is 0 Å². The zero-order chi connectivity index (χ0) is 16.2. The highest BCUT2D eigenvalue weighted by Gasteiger charge is 2.49. The van der Waals surface area contributed by atoms with Gasteiger partial charge < -0.3 is 4.74 Å². The van der Waals surface area contributed by atoms with Gasteiger partial charge in [0.05, 0.1) is 0 Å². The summed E-state index contributed by atoms with van der Waals surface area (Å²) in [6, 6.07) is 6.17. The number of rotatable bonds is 1.